The van der Waals surface area contributed by atoms with Gasteiger partial charge in [0.15, 0.2) is 15.5 Å². The molecule has 39 heavy (non-hydrogen) atoms. The number of carbonyl (C=O) groups excluding carboxylic acids is 1. The third-order valence-electron chi connectivity index (χ3n) is 6.59. The Morgan fingerprint density at radius 2 is 1.95 bits per heavy atom. The smallest absolute Gasteiger partial charge is 0.385 e. The lowest BCUT2D eigenvalue weighted by Gasteiger charge is -2.44. The fourth-order valence-corrected chi connectivity index (χ4v) is 5.23. The molecule has 0 N–H and O–H groups in total. The van der Waals surface area contributed by atoms with E-state index in [2.05, 4.69) is 9.97 Å². The first-order chi connectivity index (χ1) is 18.1. The monoisotopic (exact) mass is 575 g/mol. The molecular formula is C25H33F4N5O4S. The van der Waals surface area contributed by atoms with Crippen molar-refractivity contribution in [1.82, 2.24) is 14.9 Å². The van der Waals surface area contributed by atoms with Crippen LogP contribution in [-0.4, -0.2) is 88.4 Å². The van der Waals surface area contributed by atoms with E-state index in [1.807, 2.05) is 18.7 Å². The summed E-state index contributed by atoms with van der Waals surface area (Å²) < 4.78 is 85.2. The van der Waals surface area contributed by atoms with Crippen molar-refractivity contribution in [2.75, 3.05) is 63.0 Å². The molecular weight excluding hydrogens is 542 g/mol. The van der Waals surface area contributed by atoms with Gasteiger partial charge in [0.05, 0.1) is 11.6 Å². The second-order valence-corrected chi connectivity index (χ2v) is 11.8. The van der Waals surface area contributed by atoms with Crippen LogP contribution in [0.15, 0.2) is 29.3 Å². The summed E-state index contributed by atoms with van der Waals surface area (Å²) in [5.41, 5.74) is -1.46. The fraction of sp³-hybridized carbons (Fsp3) is 0.560. The molecule has 1 aromatic heterocycles. The molecule has 14 heteroatoms. The van der Waals surface area contributed by atoms with E-state index in [-0.39, 0.29) is 31.0 Å². The lowest BCUT2D eigenvalue weighted by Crippen LogP contribution is -2.56. The number of amides is 1. The maximum Gasteiger partial charge on any atom is 0.434 e. The topological polar surface area (TPSA) is 95.9 Å². The van der Waals surface area contributed by atoms with Gasteiger partial charge in [-0.25, -0.2) is 22.8 Å². The number of anilines is 2. The second-order valence-electron chi connectivity index (χ2n) is 9.84. The molecule has 1 saturated heterocycles. The molecule has 216 valence electrons. The summed E-state index contributed by atoms with van der Waals surface area (Å²) in [7, 11) is -0.897. The minimum atomic E-state index is -4.89. The maximum atomic E-state index is 14.1. The van der Waals surface area contributed by atoms with Gasteiger partial charge in [0.1, 0.15) is 10.7 Å². The third kappa shape index (κ3) is 7.15. The molecule has 1 amide bonds. The number of nitrogens with zero attached hydrogens (tertiary/aromatic N) is 5. The van der Waals surface area contributed by atoms with Gasteiger partial charge in [0, 0.05) is 65.1 Å². The summed E-state index contributed by atoms with van der Waals surface area (Å²) in [6, 6.07) is 3.46. The summed E-state index contributed by atoms with van der Waals surface area (Å²) in [5.74, 6) is -1.91. The number of hydrogen-bond donors (Lipinski definition) is 0. The van der Waals surface area contributed by atoms with E-state index in [4.69, 9.17) is 4.74 Å². The standard InChI is InChI=1S/C25H33F4N5O4S/c1-16(2)20-15-33(17-7-8-19(26)21(13-17)39(5,36)37)10-11-34(20)24-30-14-18(22(31-24)25(27,28)29)23(35)32(3)9-6-12-38-4/h7-8,13-14,16,20H,6,9-12,15H2,1-5H3/t20-/m0/s1. The molecule has 1 fully saturated rings. The first kappa shape index (κ1) is 30.5. The molecule has 1 aliphatic rings. The number of halogens is 4. The van der Waals surface area contributed by atoms with Crippen LogP contribution in [0.2, 0.25) is 0 Å². The van der Waals surface area contributed by atoms with Crippen molar-refractivity contribution in [3.63, 3.8) is 0 Å². The van der Waals surface area contributed by atoms with Crippen molar-refractivity contribution in [2.24, 2.45) is 5.92 Å². The summed E-state index contributed by atoms with van der Waals surface area (Å²) in [6.07, 6.45) is -2.59. The zero-order valence-electron chi connectivity index (χ0n) is 22.5. The van der Waals surface area contributed by atoms with E-state index in [0.29, 0.717) is 31.8 Å². The molecule has 0 saturated carbocycles. The highest BCUT2D eigenvalue weighted by Gasteiger charge is 2.40. The normalized spacial score (nSPS) is 16.6. The largest absolute Gasteiger partial charge is 0.434 e. The Hall–Kier alpha value is -3.00. The van der Waals surface area contributed by atoms with E-state index in [1.165, 1.54) is 31.2 Å². The van der Waals surface area contributed by atoms with Gasteiger partial charge in [-0.3, -0.25) is 4.79 Å². The van der Waals surface area contributed by atoms with Crippen LogP contribution in [0.25, 0.3) is 0 Å². The number of benzene rings is 1. The van der Waals surface area contributed by atoms with E-state index >= 15 is 0 Å². The quantitative estimate of drug-likeness (QED) is 0.331. The summed E-state index contributed by atoms with van der Waals surface area (Å²) in [5, 5.41) is 0. The number of methoxy groups -OCH3 is 1. The predicted molar refractivity (Wildman–Crippen MR) is 138 cm³/mol. The number of carbonyl (C=O) groups is 1. The third-order valence-corrected chi connectivity index (χ3v) is 7.70. The average molecular weight is 576 g/mol. The lowest BCUT2D eigenvalue weighted by molar-refractivity contribution is -0.141. The zero-order valence-corrected chi connectivity index (χ0v) is 23.3. The molecule has 2 heterocycles. The number of piperazine rings is 1. The van der Waals surface area contributed by atoms with Crippen LogP contribution in [0.4, 0.5) is 29.2 Å². The number of ether oxygens (including phenoxy) is 1. The molecule has 1 atom stereocenters. The molecule has 9 nitrogen and oxygen atoms in total. The molecule has 0 spiro atoms. The Balaban J connectivity index is 1.92. The number of sulfone groups is 1. The summed E-state index contributed by atoms with van der Waals surface area (Å²) >= 11 is 0. The summed E-state index contributed by atoms with van der Waals surface area (Å²) in [6.45, 7) is 5.17. The van der Waals surface area contributed by atoms with E-state index in [1.54, 1.807) is 4.90 Å². The van der Waals surface area contributed by atoms with Gasteiger partial charge in [0.2, 0.25) is 5.95 Å². The van der Waals surface area contributed by atoms with Crippen molar-refractivity contribution in [3.8, 4) is 0 Å². The van der Waals surface area contributed by atoms with Gasteiger partial charge in [-0.1, -0.05) is 13.8 Å². The van der Waals surface area contributed by atoms with Gasteiger partial charge in [-0.2, -0.15) is 13.2 Å². The van der Waals surface area contributed by atoms with Gasteiger partial charge in [-0.15, -0.1) is 0 Å². The average Bonchev–Trinajstić information content (AvgIpc) is 2.86. The van der Waals surface area contributed by atoms with Crippen LogP contribution in [0.1, 0.15) is 36.3 Å². The Morgan fingerprint density at radius 3 is 2.54 bits per heavy atom. The number of rotatable bonds is 9. The highest BCUT2D eigenvalue weighted by atomic mass is 32.2. The summed E-state index contributed by atoms with van der Waals surface area (Å²) in [4.78, 5) is 25.1. The van der Waals surface area contributed by atoms with Crippen LogP contribution >= 0.6 is 0 Å². The molecule has 0 aliphatic carbocycles. The van der Waals surface area contributed by atoms with E-state index < -0.39 is 43.9 Å². The number of hydrogen-bond acceptors (Lipinski definition) is 8. The van der Waals surface area contributed by atoms with Crippen molar-refractivity contribution in [3.05, 3.63) is 41.5 Å². The van der Waals surface area contributed by atoms with Gasteiger partial charge in [-0.05, 0) is 30.5 Å². The molecule has 2 aromatic rings. The molecule has 0 bridgehead atoms. The number of aromatic nitrogens is 2. The zero-order chi connectivity index (χ0) is 29.1. The van der Waals surface area contributed by atoms with Gasteiger partial charge < -0.3 is 19.4 Å². The van der Waals surface area contributed by atoms with Crippen LogP contribution in [0.3, 0.4) is 0 Å². The van der Waals surface area contributed by atoms with Crippen LogP contribution < -0.4 is 9.80 Å². The minimum absolute atomic E-state index is 0.0613. The van der Waals surface area contributed by atoms with Crippen molar-refractivity contribution < 1.29 is 35.5 Å². The first-order valence-corrected chi connectivity index (χ1v) is 14.2. The van der Waals surface area contributed by atoms with Gasteiger partial charge in [0.25, 0.3) is 5.91 Å². The Kier molecular flexibility index (Phi) is 9.42. The van der Waals surface area contributed by atoms with Crippen LogP contribution in [-0.2, 0) is 20.8 Å². The predicted octanol–water partition coefficient (Wildman–Crippen LogP) is 3.50. The molecule has 1 aromatic carbocycles. The second kappa shape index (κ2) is 12.0. The van der Waals surface area contributed by atoms with E-state index in [9.17, 15) is 30.8 Å². The van der Waals surface area contributed by atoms with Crippen molar-refractivity contribution in [1.29, 1.82) is 0 Å². The van der Waals surface area contributed by atoms with Crippen LogP contribution in [0.5, 0.6) is 0 Å². The van der Waals surface area contributed by atoms with E-state index in [0.717, 1.165) is 18.5 Å². The molecule has 0 radical (unpaired) electrons. The Labute approximate surface area is 225 Å². The number of alkyl halides is 3. The molecule has 0 unspecified atom stereocenters. The van der Waals surface area contributed by atoms with Gasteiger partial charge >= 0.3 is 6.18 Å². The fourth-order valence-electron chi connectivity index (χ4n) is 4.47. The highest BCUT2D eigenvalue weighted by molar-refractivity contribution is 7.90. The maximum absolute atomic E-state index is 14.1. The van der Waals surface area contributed by atoms with Crippen LogP contribution in [0, 0.1) is 11.7 Å². The Morgan fingerprint density at radius 1 is 1.26 bits per heavy atom. The Bertz CT molecular complexity index is 1290. The molecule has 3 rings (SSSR count). The van der Waals surface area contributed by atoms with Crippen molar-refractivity contribution >= 4 is 27.4 Å². The lowest BCUT2D eigenvalue weighted by atomic mass is 9.99. The van der Waals surface area contributed by atoms with Crippen molar-refractivity contribution in [2.45, 2.75) is 37.4 Å². The SMILES string of the molecule is COCCCN(C)C(=O)c1cnc(N2CCN(c3ccc(F)c(S(C)(=O)=O)c3)C[C@H]2C(C)C)nc1C(F)(F)F. The molecule has 1 aliphatic heterocycles. The minimum Gasteiger partial charge on any atom is -0.385 e. The first-order valence-electron chi connectivity index (χ1n) is 12.3. The highest BCUT2D eigenvalue weighted by Crippen LogP contribution is 2.34.